The van der Waals surface area contributed by atoms with Gasteiger partial charge in [0, 0.05) is 11.5 Å². The second-order valence-electron chi connectivity index (χ2n) is 7.76. The number of carbonyl (C=O) groups excluding carboxylic acids is 1. The summed E-state index contributed by atoms with van der Waals surface area (Å²) in [7, 11) is 0. The monoisotopic (exact) mass is 334 g/mol. The number of hydrogen-bond donors (Lipinski definition) is 2. The average molecular weight is 334 g/mol. The number of carbonyl (C=O) groups is 2. The first-order valence-electron chi connectivity index (χ1n) is 8.84. The molecule has 0 aliphatic heterocycles. The third-order valence-electron chi connectivity index (χ3n) is 5.66. The van der Waals surface area contributed by atoms with E-state index in [0.717, 1.165) is 0 Å². The molecule has 0 bridgehead atoms. The van der Waals surface area contributed by atoms with Gasteiger partial charge in [0.25, 0.3) is 0 Å². The molecule has 7 heteroatoms. The van der Waals surface area contributed by atoms with Crippen molar-refractivity contribution >= 4 is 11.9 Å². The standard InChI is InChI=1S/C17H26N4O3/c1-17(2,12-6-4-3-5-7-12)18-15(22)11-8-13(9-11)21-10-14(16(23)24)19-20-21/h10-13H,3-9H2,1-2H3,(H,18,22)(H,23,24). The van der Waals surface area contributed by atoms with Gasteiger partial charge in [-0.25, -0.2) is 9.48 Å². The Bertz CT molecular complexity index is 613. The lowest BCUT2D eigenvalue weighted by atomic mass is 9.75. The van der Waals surface area contributed by atoms with Gasteiger partial charge in [-0.2, -0.15) is 0 Å². The molecule has 3 rings (SSSR count). The average Bonchev–Trinajstić information content (AvgIpc) is 2.96. The number of aromatic carboxylic acids is 1. The Morgan fingerprint density at radius 1 is 1.25 bits per heavy atom. The first-order valence-corrected chi connectivity index (χ1v) is 8.84. The van der Waals surface area contributed by atoms with Crippen LogP contribution in [0.3, 0.4) is 0 Å². The zero-order valence-corrected chi connectivity index (χ0v) is 14.4. The molecule has 2 fully saturated rings. The number of aromatic nitrogens is 3. The van der Waals surface area contributed by atoms with Crippen LogP contribution in [0, 0.1) is 11.8 Å². The van der Waals surface area contributed by atoms with E-state index in [1.54, 1.807) is 4.68 Å². The Balaban J connectivity index is 1.51. The molecule has 7 nitrogen and oxygen atoms in total. The molecule has 1 amide bonds. The van der Waals surface area contributed by atoms with E-state index in [9.17, 15) is 9.59 Å². The summed E-state index contributed by atoms with van der Waals surface area (Å²) in [5.41, 5.74) is -0.215. The van der Waals surface area contributed by atoms with Crippen LogP contribution in [0.4, 0.5) is 0 Å². The third-order valence-corrected chi connectivity index (χ3v) is 5.66. The lowest BCUT2D eigenvalue weighted by Crippen LogP contribution is -2.53. The molecule has 24 heavy (non-hydrogen) atoms. The second-order valence-corrected chi connectivity index (χ2v) is 7.76. The molecule has 2 saturated carbocycles. The molecule has 0 saturated heterocycles. The smallest absolute Gasteiger partial charge is 0.358 e. The van der Waals surface area contributed by atoms with Gasteiger partial charge in [-0.15, -0.1) is 5.10 Å². The quantitative estimate of drug-likeness (QED) is 0.862. The van der Waals surface area contributed by atoms with E-state index >= 15 is 0 Å². The van der Waals surface area contributed by atoms with E-state index in [4.69, 9.17) is 5.11 Å². The molecule has 132 valence electrons. The number of rotatable bonds is 5. The predicted molar refractivity (Wildman–Crippen MR) is 87.5 cm³/mol. The molecule has 0 aromatic carbocycles. The summed E-state index contributed by atoms with van der Waals surface area (Å²) in [5, 5.41) is 19.6. The normalized spacial score (nSPS) is 25.1. The minimum absolute atomic E-state index is 0.0182. The number of amides is 1. The van der Waals surface area contributed by atoms with Crippen LogP contribution >= 0.6 is 0 Å². The van der Waals surface area contributed by atoms with Crippen LogP contribution < -0.4 is 5.32 Å². The van der Waals surface area contributed by atoms with Gasteiger partial charge in [0.1, 0.15) is 0 Å². The molecule has 1 heterocycles. The predicted octanol–water partition coefficient (Wildman–Crippen LogP) is 2.40. The van der Waals surface area contributed by atoms with Crippen molar-refractivity contribution in [2.45, 2.75) is 70.4 Å². The number of carboxylic acids is 1. The molecule has 1 aromatic rings. The number of nitrogens with zero attached hydrogens (tertiary/aromatic N) is 3. The van der Waals surface area contributed by atoms with E-state index in [1.807, 2.05) is 0 Å². The summed E-state index contributed by atoms with van der Waals surface area (Å²) < 4.78 is 1.57. The zero-order chi connectivity index (χ0) is 17.3. The number of carboxylic acid groups (broad SMARTS) is 1. The van der Waals surface area contributed by atoms with Crippen molar-refractivity contribution in [3.8, 4) is 0 Å². The van der Waals surface area contributed by atoms with E-state index in [-0.39, 0.29) is 29.1 Å². The summed E-state index contributed by atoms with van der Waals surface area (Å²) in [6.07, 6.45) is 9.02. The molecule has 0 atom stereocenters. The summed E-state index contributed by atoms with van der Waals surface area (Å²) >= 11 is 0. The van der Waals surface area contributed by atoms with Crippen LogP contribution in [0.15, 0.2) is 6.20 Å². The summed E-state index contributed by atoms with van der Waals surface area (Å²) in [6, 6.07) is 0.0687. The Morgan fingerprint density at radius 2 is 1.92 bits per heavy atom. The molecule has 1 aromatic heterocycles. The van der Waals surface area contributed by atoms with Gasteiger partial charge in [0.15, 0.2) is 5.69 Å². The van der Waals surface area contributed by atoms with Gasteiger partial charge in [0.2, 0.25) is 5.91 Å². The van der Waals surface area contributed by atoms with Crippen LogP contribution in [0.25, 0.3) is 0 Å². The van der Waals surface area contributed by atoms with Crippen molar-refractivity contribution in [1.82, 2.24) is 20.3 Å². The summed E-state index contributed by atoms with van der Waals surface area (Å²) in [6.45, 7) is 4.27. The molecule has 0 spiro atoms. The SMILES string of the molecule is CC(C)(NC(=O)C1CC(n2cc(C(=O)O)nn2)C1)C1CCCCC1. The first-order chi connectivity index (χ1) is 11.4. The van der Waals surface area contributed by atoms with Crippen molar-refractivity contribution in [2.24, 2.45) is 11.8 Å². The largest absolute Gasteiger partial charge is 0.476 e. The van der Waals surface area contributed by atoms with Crippen molar-refractivity contribution in [3.63, 3.8) is 0 Å². The van der Waals surface area contributed by atoms with Crippen molar-refractivity contribution in [3.05, 3.63) is 11.9 Å². The lowest BCUT2D eigenvalue weighted by molar-refractivity contribution is -0.131. The highest BCUT2D eigenvalue weighted by Gasteiger charge is 2.40. The second kappa shape index (κ2) is 6.53. The van der Waals surface area contributed by atoms with Crippen LogP contribution in [-0.4, -0.2) is 37.5 Å². The van der Waals surface area contributed by atoms with Crippen LogP contribution in [0.5, 0.6) is 0 Å². The fourth-order valence-corrected chi connectivity index (χ4v) is 3.92. The van der Waals surface area contributed by atoms with Gasteiger partial charge in [-0.05, 0) is 45.4 Å². The van der Waals surface area contributed by atoms with E-state index < -0.39 is 5.97 Å². The van der Waals surface area contributed by atoms with Crippen LogP contribution in [0.2, 0.25) is 0 Å². The minimum atomic E-state index is -1.08. The molecule has 2 aliphatic carbocycles. The van der Waals surface area contributed by atoms with Crippen LogP contribution in [0.1, 0.15) is 75.3 Å². The van der Waals surface area contributed by atoms with Gasteiger partial charge >= 0.3 is 5.97 Å². The Labute approximate surface area is 141 Å². The minimum Gasteiger partial charge on any atom is -0.476 e. The Morgan fingerprint density at radius 3 is 2.50 bits per heavy atom. The maximum absolute atomic E-state index is 12.5. The van der Waals surface area contributed by atoms with E-state index in [2.05, 4.69) is 29.5 Å². The Kier molecular flexibility index (Phi) is 4.60. The molecule has 0 unspecified atom stereocenters. The first kappa shape index (κ1) is 16.9. The molecule has 2 N–H and O–H groups in total. The van der Waals surface area contributed by atoms with Crippen LogP contribution in [-0.2, 0) is 4.79 Å². The topological polar surface area (TPSA) is 97.1 Å². The maximum Gasteiger partial charge on any atom is 0.358 e. The van der Waals surface area contributed by atoms with Crippen molar-refractivity contribution < 1.29 is 14.7 Å². The highest BCUT2D eigenvalue weighted by molar-refractivity contribution is 5.84. The molecule has 2 aliphatic rings. The molecular formula is C17H26N4O3. The van der Waals surface area contributed by atoms with Gasteiger partial charge in [-0.1, -0.05) is 24.5 Å². The fraction of sp³-hybridized carbons (Fsp3) is 0.765. The summed E-state index contributed by atoms with van der Waals surface area (Å²) in [5.74, 6) is -0.431. The maximum atomic E-state index is 12.5. The lowest BCUT2D eigenvalue weighted by Gasteiger charge is -2.41. The highest BCUT2D eigenvalue weighted by atomic mass is 16.4. The molecular weight excluding hydrogens is 308 g/mol. The highest BCUT2D eigenvalue weighted by Crippen LogP contribution is 2.39. The van der Waals surface area contributed by atoms with E-state index in [0.29, 0.717) is 18.8 Å². The van der Waals surface area contributed by atoms with Crippen molar-refractivity contribution in [2.75, 3.05) is 0 Å². The number of hydrogen-bond acceptors (Lipinski definition) is 4. The zero-order valence-electron chi connectivity index (χ0n) is 14.4. The van der Waals surface area contributed by atoms with E-state index in [1.165, 1.54) is 38.3 Å². The number of nitrogens with one attached hydrogen (secondary N) is 1. The third kappa shape index (κ3) is 3.44. The van der Waals surface area contributed by atoms with Crippen molar-refractivity contribution in [1.29, 1.82) is 0 Å². The fourth-order valence-electron chi connectivity index (χ4n) is 3.92. The Hall–Kier alpha value is -1.92. The van der Waals surface area contributed by atoms with Gasteiger partial charge < -0.3 is 10.4 Å². The summed E-state index contributed by atoms with van der Waals surface area (Å²) in [4.78, 5) is 23.4. The molecule has 0 radical (unpaired) electrons. The van der Waals surface area contributed by atoms with Gasteiger partial charge in [0.05, 0.1) is 12.2 Å². The van der Waals surface area contributed by atoms with Gasteiger partial charge in [-0.3, -0.25) is 4.79 Å².